The van der Waals surface area contributed by atoms with E-state index in [0.29, 0.717) is 0 Å². The van der Waals surface area contributed by atoms with Crippen molar-refractivity contribution in [1.82, 2.24) is 20.4 Å². The lowest BCUT2D eigenvalue weighted by atomic mass is 10.1. The van der Waals surface area contributed by atoms with E-state index < -0.39 is 0 Å². The van der Waals surface area contributed by atoms with Gasteiger partial charge in [-0.1, -0.05) is 6.92 Å². The second kappa shape index (κ2) is 6.69. The zero-order valence-electron chi connectivity index (χ0n) is 11.4. The Morgan fingerprint density at radius 3 is 2.71 bits per heavy atom. The minimum atomic E-state index is 0.727. The zero-order valence-corrected chi connectivity index (χ0v) is 11.4. The molecule has 0 spiro atoms. The number of hydrogen-bond acceptors (Lipinski definition) is 4. The van der Waals surface area contributed by atoms with Crippen LogP contribution in [0, 0.1) is 5.92 Å². The van der Waals surface area contributed by atoms with Gasteiger partial charge < -0.3 is 20.4 Å². The largest absolute Gasteiger partial charge is 0.314 e. The summed E-state index contributed by atoms with van der Waals surface area (Å²) in [4.78, 5) is 5.00. The Bertz CT molecular complexity index is 215. The number of piperazine rings is 1. The van der Waals surface area contributed by atoms with E-state index in [1.165, 1.54) is 45.7 Å². The molecule has 17 heavy (non-hydrogen) atoms. The monoisotopic (exact) mass is 240 g/mol. The Morgan fingerprint density at radius 1 is 1.29 bits per heavy atom. The van der Waals surface area contributed by atoms with E-state index in [4.69, 9.17) is 0 Å². The molecule has 4 heteroatoms. The maximum absolute atomic E-state index is 3.72. The molecule has 4 nitrogen and oxygen atoms in total. The molecule has 0 aromatic rings. The Kier molecular flexibility index (Phi) is 5.22. The summed E-state index contributed by atoms with van der Waals surface area (Å²) in [5.41, 5.74) is 0. The standard InChI is InChI=1S/C13H28N4/c1-12(10-17-7-4-14-5-8-17)9-15-13-3-6-16(2)11-13/h12-15H,3-11H2,1-2H3. The molecule has 2 saturated heterocycles. The van der Waals surface area contributed by atoms with Crippen LogP contribution in [0.1, 0.15) is 13.3 Å². The van der Waals surface area contributed by atoms with Gasteiger partial charge in [-0.2, -0.15) is 0 Å². The van der Waals surface area contributed by atoms with Gasteiger partial charge in [-0.15, -0.1) is 0 Å². The Balaban J connectivity index is 1.58. The Labute approximate surface area is 106 Å². The van der Waals surface area contributed by atoms with Crippen LogP contribution in [0.4, 0.5) is 0 Å². The molecule has 0 aliphatic carbocycles. The second-order valence-electron chi connectivity index (χ2n) is 5.81. The molecule has 2 rings (SSSR count). The summed E-state index contributed by atoms with van der Waals surface area (Å²) in [6.07, 6.45) is 1.32. The van der Waals surface area contributed by atoms with Gasteiger partial charge >= 0.3 is 0 Å². The lowest BCUT2D eigenvalue weighted by Crippen LogP contribution is -2.46. The summed E-state index contributed by atoms with van der Waals surface area (Å²) in [6, 6.07) is 0.727. The third-order valence-corrected chi connectivity index (χ3v) is 3.93. The minimum absolute atomic E-state index is 0.727. The van der Waals surface area contributed by atoms with Gasteiger partial charge in [0.05, 0.1) is 0 Å². The van der Waals surface area contributed by atoms with E-state index in [1.807, 2.05) is 0 Å². The first-order valence-corrected chi connectivity index (χ1v) is 7.09. The maximum atomic E-state index is 3.72. The van der Waals surface area contributed by atoms with E-state index in [1.54, 1.807) is 0 Å². The van der Waals surface area contributed by atoms with Gasteiger partial charge in [0, 0.05) is 45.3 Å². The number of rotatable bonds is 5. The summed E-state index contributed by atoms with van der Waals surface area (Å²) in [5.74, 6) is 0.763. The van der Waals surface area contributed by atoms with Crippen molar-refractivity contribution in [3.8, 4) is 0 Å². The van der Waals surface area contributed by atoms with Crippen LogP contribution >= 0.6 is 0 Å². The topological polar surface area (TPSA) is 30.5 Å². The highest BCUT2D eigenvalue weighted by Crippen LogP contribution is 2.07. The summed E-state index contributed by atoms with van der Waals surface area (Å²) >= 11 is 0. The molecule has 2 atom stereocenters. The van der Waals surface area contributed by atoms with Gasteiger partial charge in [0.2, 0.25) is 0 Å². The van der Waals surface area contributed by atoms with E-state index in [-0.39, 0.29) is 0 Å². The van der Waals surface area contributed by atoms with Crippen molar-refractivity contribution < 1.29 is 0 Å². The fourth-order valence-electron chi connectivity index (χ4n) is 2.87. The first-order valence-electron chi connectivity index (χ1n) is 7.09. The minimum Gasteiger partial charge on any atom is -0.314 e. The summed E-state index contributed by atoms with van der Waals surface area (Å²) in [6.45, 7) is 12.0. The highest BCUT2D eigenvalue weighted by molar-refractivity contribution is 4.80. The van der Waals surface area contributed by atoms with Crippen molar-refractivity contribution in [2.45, 2.75) is 19.4 Å². The predicted molar refractivity (Wildman–Crippen MR) is 72.4 cm³/mol. The predicted octanol–water partition coefficient (Wildman–Crippen LogP) is -0.179. The molecular formula is C13H28N4. The molecule has 2 N–H and O–H groups in total. The molecule has 0 saturated carbocycles. The molecule has 0 aromatic carbocycles. The molecule has 100 valence electrons. The second-order valence-corrected chi connectivity index (χ2v) is 5.81. The van der Waals surface area contributed by atoms with Crippen molar-refractivity contribution >= 4 is 0 Å². The van der Waals surface area contributed by atoms with Gasteiger partial charge in [0.25, 0.3) is 0 Å². The first kappa shape index (κ1) is 13.3. The molecule has 0 bridgehead atoms. The third kappa shape index (κ3) is 4.54. The Morgan fingerprint density at radius 2 is 2.06 bits per heavy atom. The number of nitrogens with one attached hydrogen (secondary N) is 2. The van der Waals surface area contributed by atoms with Crippen LogP contribution in [0.5, 0.6) is 0 Å². The molecule has 2 aliphatic heterocycles. The van der Waals surface area contributed by atoms with E-state index in [2.05, 4.69) is 34.4 Å². The fourth-order valence-corrected chi connectivity index (χ4v) is 2.87. The van der Waals surface area contributed by atoms with Crippen LogP contribution in [0.3, 0.4) is 0 Å². The summed E-state index contributed by atoms with van der Waals surface area (Å²) in [7, 11) is 2.21. The van der Waals surface area contributed by atoms with Crippen molar-refractivity contribution in [1.29, 1.82) is 0 Å². The quantitative estimate of drug-likeness (QED) is 0.698. The average molecular weight is 240 g/mol. The number of nitrogens with zero attached hydrogens (tertiary/aromatic N) is 2. The van der Waals surface area contributed by atoms with Crippen molar-refractivity contribution in [2.24, 2.45) is 5.92 Å². The molecule has 2 aliphatic rings. The lowest BCUT2D eigenvalue weighted by Gasteiger charge is -2.30. The number of likely N-dealkylation sites (N-methyl/N-ethyl adjacent to an activating group) is 1. The molecule has 2 unspecified atom stereocenters. The van der Waals surface area contributed by atoms with Crippen molar-refractivity contribution in [3.63, 3.8) is 0 Å². The van der Waals surface area contributed by atoms with Crippen LogP contribution in [0.15, 0.2) is 0 Å². The first-order chi connectivity index (χ1) is 8.24. The number of hydrogen-bond donors (Lipinski definition) is 2. The third-order valence-electron chi connectivity index (χ3n) is 3.93. The summed E-state index contributed by atoms with van der Waals surface area (Å²) < 4.78 is 0. The van der Waals surface area contributed by atoms with Crippen LogP contribution < -0.4 is 10.6 Å². The van der Waals surface area contributed by atoms with Gasteiger partial charge in [-0.05, 0) is 32.5 Å². The fraction of sp³-hybridized carbons (Fsp3) is 1.00. The smallest absolute Gasteiger partial charge is 0.0207 e. The highest BCUT2D eigenvalue weighted by Gasteiger charge is 2.20. The molecular weight excluding hydrogens is 212 g/mol. The molecule has 2 fully saturated rings. The average Bonchev–Trinajstić information content (AvgIpc) is 2.74. The van der Waals surface area contributed by atoms with Crippen molar-refractivity contribution in [2.75, 3.05) is 59.4 Å². The van der Waals surface area contributed by atoms with Gasteiger partial charge in [0.1, 0.15) is 0 Å². The summed E-state index contributed by atoms with van der Waals surface area (Å²) in [5, 5.41) is 7.12. The van der Waals surface area contributed by atoms with Crippen LogP contribution in [-0.2, 0) is 0 Å². The van der Waals surface area contributed by atoms with Crippen molar-refractivity contribution in [3.05, 3.63) is 0 Å². The molecule has 2 heterocycles. The van der Waals surface area contributed by atoms with Crippen LogP contribution in [0.25, 0.3) is 0 Å². The zero-order chi connectivity index (χ0) is 12.1. The molecule has 0 amide bonds. The Hall–Kier alpha value is -0.160. The van der Waals surface area contributed by atoms with Crippen LogP contribution in [0.2, 0.25) is 0 Å². The normalized spacial score (nSPS) is 29.6. The lowest BCUT2D eigenvalue weighted by molar-refractivity contribution is 0.207. The molecule has 0 aromatic heterocycles. The SMILES string of the molecule is CC(CNC1CCN(C)C1)CN1CCNCC1. The van der Waals surface area contributed by atoms with E-state index in [0.717, 1.165) is 25.0 Å². The number of likely N-dealkylation sites (tertiary alicyclic amines) is 1. The van der Waals surface area contributed by atoms with Crippen LogP contribution in [-0.4, -0.2) is 75.2 Å². The van der Waals surface area contributed by atoms with Gasteiger partial charge in [-0.25, -0.2) is 0 Å². The van der Waals surface area contributed by atoms with Gasteiger partial charge in [-0.3, -0.25) is 0 Å². The van der Waals surface area contributed by atoms with E-state index in [9.17, 15) is 0 Å². The van der Waals surface area contributed by atoms with E-state index >= 15 is 0 Å². The maximum Gasteiger partial charge on any atom is 0.0207 e. The molecule has 0 radical (unpaired) electrons. The van der Waals surface area contributed by atoms with Gasteiger partial charge in [0.15, 0.2) is 0 Å². The highest BCUT2D eigenvalue weighted by atomic mass is 15.2.